The van der Waals surface area contributed by atoms with Crippen molar-refractivity contribution >= 4 is 0 Å². The monoisotopic (exact) mass is 496 g/mol. The molecule has 2 saturated heterocycles. The SMILES string of the molecule is C=C(C)[C@H]1Cc2c(ccc3c2O[C@@H]2COc4cc(OC)c(OC)cc4[C@@H]2[C@]32C[C@@H]3O[C@]3(O)[C@@H](O)O2)O1. The van der Waals surface area contributed by atoms with Crippen LogP contribution in [0.25, 0.3) is 0 Å². The molecule has 2 N–H and O–H groups in total. The van der Waals surface area contributed by atoms with Crippen molar-refractivity contribution in [2.45, 2.75) is 61.7 Å². The van der Waals surface area contributed by atoms with Crippen LogP contribution >= 0.6 is 0 Å². The summed E-state index contributed by atoms with van der Waals surface area (Å²) in [5, 5.41) is 21.6. The van der Waals surface area contributed by atoms with E-state index in [1.165, 1.54) is 0 Å². The third kappa shape index (κ3) is 2.79. The minimum absolute atomic E-state index is 0.140. The van der Waals surface area contributed by atoms with Gasteiger partial charge in [-0.1, -0.05) is 6.58 Å². The lowest BCUT2D eigenvalue weighted by Gasteiger charge is -2.52. The maximum absolute atomic E-state index is 10.9. The van der Waals surface area contributed by atoms with E-state index >= 15 is 0 Å². The smallest absolute Gasteiger partial charge is 0.245 e. The van der Waals surface area contributed by atoms with Gasteiger partial charge in [0.05, 0.1) is 20.1 Å². The molecule has 5 heterocycles. The first kappa shape index (κ1) is 22.2. The molecule has 7 atom stereocenters. The Labute approximate surface area is 208 Å². The molecular formula is C27H28O9. The van der Waals surface area contributed by atoms with E-state index in [9.17, 15) is 10.2 Å². The molecule has 7 rings (SSSR count). The van der Waals surface area contributed by atoms with Crippen LogP contribution in [-0.4, -0.2) is 61.4 Å². The number of aliphatic hydroxyl groups is 2. The first-order valence-corrected chi connectivity index (χ1v) is 12.1. The Bertz CT molecular complexity index is 1290. The van der Waals surface area contributed by atoms with Crippen molar-refractivity contribution in [3.63, 3.8) is 0 Å². The number of benzene rings is 2. The van der Waals surface area contributed by atoms with Gasteiger partial charge in [-0.15, -0.1) is 0 Å². The average molecular weight is 497 g/mol. The first-order valence-electron chi connectivity index (χ1n) is 12.1. The third-order valence-electron chi connectivity index (χ3n) is 8.18. The Morgan fingerprint density at radius 3 is 2.58 bits per heavy atom. The average Bonchev–Trinajstić information content (AvgIpc) is 3.33. The molecule has 9 heteroatoms. The van der Waals surface area contributed by atoms with Gasteiger partial charge in [0, 0.05) is 35.6 Å². The molecule has 2 aromatic carbocycles. The fourth-order valence-electron chi connectivity index (χ4n) is 6.30. The zero-order chi connectivity index (χ0) is 25.0. The highest BCUT2D eigenvalue weighted by Crippen LogP contribution is 2.64. The molecular weight excluding hydrogens is 468 g/mol. The normalized spacial score (nSPS) is 36.6. The zero-order valence-electron chi connectivity index (χ0n) is 20.3. The molecule has 2 fully saturated rings. The number of ether oxygens (including phenoxy) is 7. The van der Waals surface area contributed by atoms with Gasteiger partial charge in [0.2, 0.25) is 12.1 Å². The van der Waals surface area contributed by atoms with Gasteiger partial charge >= 0.3 is 0 Å². The Hall–Kier alpha value is -2.98. The number of hydrogen-bond acceptors (Lipinski definition) is 9. The lowest BCUT2D eigenvalue weighted by atomic mass is 9.67. The van der Waals surface area contributed by atoms with Gasteiger partial charge in [-0.3, -0.25) is 0 Å². The van der Waals surface area contributed by atoms with Crippen molar-refractivity contribution in [3.8, 4) is 28.7 Å². The number of rotatable bonds is 3. The fourth-order valence-corrected chi connectivity index (χ4v) is 6.30. The largest absolute Gasteiger partial charge is 0.493 e. The van der Waals surface area contributed by atoms with Crippen molar-refractivity contribution in [2.24, 2.45) is 0 Å². The van der Waals surface area contributed by atoms with Crippen molar-refractivity contribution in [2.75, 3.05) is 20.8 Å². The number of aliphatic hydroxyl groups excluding tert-OH is 1. The molecule has 0 aromatic heterocycles. The highest BCUT2D eigenvalue weighted by Gasteiger charge is 2.72. The number of methoxy groups -OCH3 is 2. The van der Waals surface area contributed by atoms with Crippen LogP contribution in [0.4, 0.5) is 0 Å². The van der Waals surface area contributed by atoms with E-state index in [4.69, 9.17) is 33.2 Å². The Kier molecular flexibility index (Phi) is 4.50. The third-order valence-corrected chi connectivity index (χ3v) is 8.18. The number of hydrogen-bond donors (Lipinski definition) is 2. The molecule has 36 heavy (non-hydrogen) atoms. The fraction of sp³-hybridized carbons (Fsp3) is 0.481. The van der Waals surface area contributed by atoms with Crippen LogP contribution in [0.1, 0.15) is 36.0 Å². The quantitative estimate of drug-likeness (QED) is 0.490. The number of fused-ring (bicyclic) bond motifs is 9. The second-order valence-electron chi connectivity index (χ2n) is 10.2. The minimum Gasteiger partial charge on any atom is -0.493 e. The summed E-state index contributed by atoms with van der Waals surface area (Å²) in [6, 6.07) is 7.52. The molecule has 0 bridgehead atoms. The summed E-state index contributed by atoms with van der Waals surface area (Å²) in [4.78, 5) is 0. The van der Waals surface area contributed by atoms with Gasteiger partial charge in [-0.05, 0) is 30.7 Å². The lowest BCUT2D eigenvalue weighted by Crippen LogP contribution is -2.58. The summed E-state index contributed by atoms with van der Waals surface area (Å²) in [5.74, 6) is 1.06. The van der Waals surface area contributed by atoms with Gasteiger partial charge in [-0.25, -0.2) is 0 Å². The van der Waals surface area contributed by atoms with E-state index < -0.39 is 29.9 Å². The van der Waals surface area contributed by atoms with Gasteiger partial charge in [0.15, 0.2) is 11.5 Å². The molecule has 1 spiro atoms. The molecule has 0 radical (unpaired) electrons. The van der Waals surface area contributed by atoms with Crippen molar-refractivity contribution < 1.29 is 43.4 Å². The van der Waals surface area contributed by atoms with Crippen molar-refractivity contribution in [1.29, 1.82) is 0 Å². The van der Waals surface area contributed by atoms with E-state index in [1.807, 2.05) is 25.1 Å². The summed E-state index contributed by atoms with van der Waals surface area (Å²) in [7, 11) is 3.15. The van der Waals surface area contributed by atoms with Gasteiger partial charge < -0.3 is 43.4 Å². The first-order chi connectivity index (χ1) is 17.3. The van der Waals surface area contributed by atoms with E-state index in [1.54, 1.807) is 20.3 Å². The van der Waals surface area contributed by atoms with E-state index in [-0.39, 0.29) is 18.6 Å². The minimum atomic E-state index is -1.70. The Morgan fingerprint density at radius 1 is 1.08 bits per heavy atom. The van der Waals surface area contributed by atoms with Gasteiger partial charge in [-0.2, -0.15) is 0 Å². The molecule has 5 aliphatic rings. The lowest BCUT2D eigenvalue weighted by molar-refractivity contribution is -0.290. The molecule has 190 valence electrons. The van der Waals surface area contributed by atoms with E-state index in [0.717, 1.165) is 28.0 Å². The van der Waals surface area contributed by atoms with E-state index in [2.05, 4.69) is 6.58 Å². The summed E-state index contributed by atoms with van der Waals surface area (Å²) in [6.45, 7) is 6.27. The van der Waals surface area contributed by atoms with Crippen LogP contribution in [0.15, 0.2) is 36.4 Å². The second kappa shape index (κ2) is 7.29. The zero-order valence-corrected chi connectivity index (χ0v) is 20.3. The van der Waals surface area contributed by atoms with Crippen LogP contribution in [0.3, 0.4) is 0 Å². The van der Waals surface area contributed by atoms with Crippen molar-refractivity contribution in [1.82, 2.24) is 0 Å². The summed E-state index contributed by atoms with van der Waals surface area (Å²) in [5.41, 5.74) is 2.41. The molecule has 2 aromatic rings. The van der Waals surface area contributed by atoms with Crippen LogP contribution < -0.4 is 23.7 Å². The van der Waals surface area contributed by atoms with Crippen LogP contribution in [0.5, 0.6) is 28.7 Å². The summed E-state index contributed by atoms with van der Waals surface area (Å²) < 4.78 is 41.9. The summed E-state index contributed by atoms with van der Waals surface area (Å²) >= 11 is 0. The topological polar surface area (TPSA) is 108 Å². The highest BCUT2D eigenvalue weighted by molar-refractivity contribution is 5.61. The van der Waals surface area contributed by atoms with Gasteiger partial charge in [0.25, 0.3) is 0 Å². The molecule has 0 unspecified atom stereocenters. The molecule has 0 aliphatic carbocycles. The van der Waals surface area contributed by atoms with Crippen molar-refractivity contribution in [3.05, 3.63) is 53.1 Å². The number of epoxide rings is 1. The van der Waals surface area contributed by atoms with Gasteiger partial charge in [0.1, 0.15) is 47.8 Å². The molecule has 9 nitrogen and oxygen atoms in total. The standard InChI is InChI=1S/C27H28O9/c1-12(2)17-8-14-16(33-17)6-5-15-24(14)34-21-11-32-18-9-20(31-4)19(30-3)7-13(18)23(21)26(15)10-22-27(29,35-22)25(28)36-26/h5-7,9,17,21-23,25,28-29H,1,8,10-11H2,2-4H3/t17-,21-,22+,23+,25+,26+,27+/m1/s1. The maximum Gasteiger partial charge on any atom is 0.245 e. The maximum atomic E-state index is 10.9. The van der Waals surface area contributed by atoms with Crippen LogP contribution in [0, 0.1) is 0 Å². The van der Waals surface area contributed by atoms with Crippen LogP contribution in [-0.2, 0) is 21.5 Å². The molecule has 5 aliphatic heterocycles. The molecule has 0 amide bonds. The van der Waals surface area contributed by atoms with E-state index in [0.29, 0.717) is 35.8 Å². The Morgan fingerprint density at radius 2 is 1.86 bits per heavy atom. The predicted octanol–water partition coefficient (Wildman–Crippen LogP) is 2.54. The summed E-state index contributed by atoms with van der Waals surface area (Å²) in [6.07, 6.45) is -1.73. The second-order valence-corrected chi connectivity index (χ2v) is 10.2. The molecule has 0 saturated carbocycles. The van der Waals surface area contributed by atoms with Crippen LogP contribution in [0.2, 0.25) is 0 Å². The highest BCUT2D eigenvalue weighted by atomic mass is 16.8. The predicted molar refractivity (Wildman–Crippen MR) is 125 cm³/mol. The Balaban J connectivity index is 1.43.